The Kier molecular flexibility index (Phi) is 2.99. The van der Waals surface area contributed by atoms with Gasteiger partial charge in [-0.1, -0.05) is 18.2 Å². The van der Waals surface area contributed by atoms with Crippen LogP contribution in [0.2, 0.25) is 0 Å². The summed E-state index contributed by atoms with van der Waals surface area (Å²) in [7, 11) is 2.82. The Morgan fingerprint density at radius 3 is 2.71 bits per heavy atom. The summed E-state index contributed by atoms with van der Waals surface area (Å²) in [5, 5.41) is 11.5. The largest absolute Gasteiger partial charge is 0.494 e. The molecule has 3 heterocycles. The maximum absolute atomic E-state index is 12.6. The fourth-order valence-corrected chi connectivity index (χ4v) is 3.27. The van der Waals surface area contributed by atoms with Gasteiger partial charge in [0.15, 0.2) is 0 Å². The molecule has 0 saturated heterocycles. The maximum atomic E-state index is 12.6. The van der Waals surface area contributed by atoms with E-state index in [0.717, 1.165) is 37.7 Å². The number of aromatic amines is 1. The van der Waals surface area contributed by atoms with Crippen molar-refractivity contribution < 1.29 is 5.11 Å². The summed E-state index contributed by atoms with van der Waals surface area (Å²) >= 11 is 0. The first-order valence-corrected chi connectivity index (χ1v) is 7.64. The van der Waals surface area contributed by atoms with Gasteiger partial charge in [-0.05, 0) is 18.1 Å². The number of hydrogen-bond acceptors (Lipinski definition) is 4. The number of rotatable bonds is 1. The normalized spacial score (nSPS) is 13.8. The fourth-order valence-electron chi connectivity index (χ4n) is 3.27. The van der Waals surface area contributed by atoms with E-state index in [1.807, 2.05) is 24.3 Å². The van der Waals surface area contributed by atoms with E-state index < -0.39 is 11.2 Å². The molecule has 0 unspecified atom stereocenters. The first-order valence-electron chi connectivity index (χ1n) is 7.64. The summed E-state index contributed by atoms with van der Waals surface area (Å²) in [6, 6.07) is 7.88. The molecule has 0 amide bonds. The van der Waals surface area contributed by atoms with Gasteiger partial charge in [0.05, 0.1) is 11.4 Å². The lowest BCUT2D eigenvalue weighted by molar-refractivity contribution is 0.410. The topological polar surface area (TPSA) is 92.4 Å². The first kappa shape index (κ1) is 14.5. The summed E-state index contributed by atoms with van der Waals surface area (Å²) in [4.78, 5) is 32.3. The number of aromatic hydroxyl groups is 1. The third kappa shape index (κ3) is 1.81. The Balaban J connectivity index is 2.06. The number of aromatic nitrogens is 3. The van der Waals surface area contributed by atoms with Crippen LogP contribution in [0.25, 0.3) is 10.9 Å². The molecule has 0 fully saturated rings. The van der Waals surface area contributed by atoms with Gasteiger partial charge in [-0.15, -0.1) is 0 Å². The summed E-state index contributed by atoms with van der Waals surface area (Å²) in [5.41, 5.74) is 2.08. The molecule has 1 aromatic carbocycles. The number of nitrogens with one attached hydrogen (secondary N) is 1. The van der Waals surface area contributed by atoms with E-state index in [-0.39, 0.29) is 11.4 Å². The lowest BCUT2D eigenvalue weighted by Gasteiger charge is -2.16. The highest BCUT2D eigenvalue weighted by atomic mass is 16.3. The molecule has 1 aliphatic rings. The van der Waals surface area contributed by atoms with Gasteiger partial charge in [0.1, 0.15) is 5.56 Å². The van der Waals surface area contributed by atoms with Gasteiger partial charge in [0.25, 0.3) is 5.56 Å². The molecule has 122 valence electrons. The van der Waals surface area contributed by atoms with Gasteiger partial charge < -0.3 is 10.1 Å². The lowest BCUT2D eigenvalue weighted by atomic mass is 9.99. The zero-order valence-corrected chi connectivity index (χ0v) is 13.3. The summed E-state index contributed by atoms with van der Waals surface area (Å²) in [6.45, 7) is 0.523. The molecular formula is C17H16N4O3. The summed E-state index contributed by atoms with van der Waals surface area (Å²) in [5.74, 6) is -0.367. The molecule has 3 aromatic rings. The molecule has 24 heavy (non-hydrogen) atoms. The van der Waals surface area contributed by atoms with Crippen molar-refractivity contribution in [3.63, 3.8) is 0 Å². The smallest absolute Gasteiger partial charge is 0.333 e. The molecule has 7 nitrogen and oxygen atoms in total. The van der Waals surface area contributed by atoms with Crippen molar-refractivity contribution in [2.75, 3.05) is 6.54 Å². The van der Waals surface area contributed by atoms with Crippen LogP contribution in [-0.2, 0) is 20.5 Å². The van der Waals surface area contributed by atoms with E-state index >= 15 is 0 Å². The third-order valence-corrected chi connectivity index (χ3v) is 4.55. The minimum absolute atomic E-state index is 0.0482. The van der Waals surface area contributed by atoms with Gasteiger partial charge in [-0.3, -0.25) is 18.9 Å². The molecule has 0 radical (unpaired) electrons. The van der Waals surface area contributed by atoms with E-state index in [9.17, 15) is 14.7 Å². The van der Waals surface area contributed by atoms with E-state index in [2.05, 4.69) is 9.98 Å². The Labute approximate surface area is 136 Å². The van der Waals surface area contributed by atoms with Crippen molar-refractivity contribution in [1.29, 1.82) is 0 Å². The van der Waals surface area contributed by atoms with Crippen molar-refractivity contribution in [2.45, 2.75) is 6.42 Å². The average molecular weight is 324 g/mol. The molecule has 0 saturated carbocycles. The van der Waals surface area contributed by atoms with Crippen LogP contribution in [0, 0.1) is 0 Å². The number of hydrogen-bond donors (Lipinski definition) is 2. The molecule has 0 spiro atoms. The molecule has 0 bridgehead atoms. The Morgan fingerprint density at radius 1 is 1.17 bits per heavy atom. The molecule has 1 aliphatic heterocycles. The Hall–Kier alpha value is -3.09. The van der Waals surface area contributed by atoms with Crippen LogP contribution < -0.4 is 11.2 Å². The van der Waals surface area contributed by atoms with Crippen molar-refractivity contribution in [3.05, 3.63) is 61.9 Å². The van der Waals surface area contributed by atoms with Gasteiger partial charge in [-0.25, -0.2) is 4.79 Å². The number of nitrogens with zero attached hydrogens (tertiary/aromatic N) is 3. The number of aliphatic imine (C=N–C) groups is 1. The van der Waals surface area contributed by atoms with E-state index in [1.54, 1.807) is 0 Å². The predicted octanol–water partition coefficient (Wildman–Crippen LogP) is 0.664. The highest BCUT2D eigenvalue weighted by molar-refractivity contribution is 6.16. The van der Waals surface area contributed by atoms with Crippen molar-refractivity contribution in [2.24, 2.45) is 19.1 Å². The highest BCUT2D eigenvalue weighted by Crippen LogP contribution is 2.28. The van der Waals surface area contributed by atoms with Crippen LogP contribution >= 0.6 is 0 Å². The van der Waals surface area contributed by atoms with Gasteiger partial charge in [0, 0.05) is 31.5 Å². The van der Waals surface area contributed by atoms with Crippen LogP contribution in [0.5, 0.6) is 5.88 Å². The molecule has 0 aliphatic carbocycles. The third-order valence-electron chi connectivity index (χ3n) is 4.55. The van der Waals surface area contributed by atoms with Crippen LogP contribution in [0.1, 0.15) is 16.8 Å². The van der Waals surface area contributed by atoms with Crippen LogP contribution in [0.3, 0.4) is 0 Å². The zero-order chi connectivity index (χ0) is 17.0. The molecule has 2 aromatic heterocycles. The molecular weight excluding hydrogens is 308 g/mol. The van der Waals surface area contributed by atoms with E-state index in [0.29, 0.717) is 12.3 Å². The van der Waals surface area contributed by atoms with Gasteiger partial charge >= 0.3 is 5.69 Å². The van der Waals surface area contributed by atoms with Crippen LogP contribution in [0.4, 0.5) is 0 Å². The Bertz CT molecular complexity index is 1130. The Morgan fingerprint density at radius 2 is 1.92 bits per heavy atom. The molecule has 0 atom stereocenters. The second-order valence-electron chi connectivity index (χ2n) is 5.91. The van der Waals surface area contributed by atoms with Crippen molar-refractivity contribution >= 4 is 16.6 Å². The lowest BCUT2D eigenvalue weighted by Crippen LogP contribution is -2.40. The zero-order valence-electron chi connectivity index (χ0n) is 13.3. The molecule has 4 rings (SSSR count). The first-order chi connectivity index (χ1) is 11.5. The standard InChI is InChI=1S/C17H16N4O3/c1-20-15(22)12(16(23)21(2)17(20)24)14-13-10(7-8-18-14)9-5-3-4-6-11(9)19-13/h3-6,19,22H,7-8H2,1-2H3. The SMILES string of the molecule is Cn1c(O)c(C2=NCCc3c2[nH]c2ccccc32)c(=O)n(C)c1=O. The average Bonchev–Trinajstić information content (AvgIpc) is 2.98. The van der Waals surface area contributed by atoms with Gasteiger partial charge in [0.2, 0.25) is 5.88 Å². The summed E-state index contributed by atoms with van der Waals surface area (Å²) < 4.78 is 2.03. The highest BCUT2D eigenvalue weighted by Gasteiger charge is 2.27. The quantitative estimate of drug-likeness (QED) is 0.689. The summed E-state index contributed by atoms with van der Waals surface area (Å²) in [6.07, 6.45) is 0.760. The maximum Gasteiger partial charge on any atom is 0.333 e. The fraction of sp³-hybridized carbons (Fsp3) is 0.235. The number of fused-ring (bicyclic) bond motifs is 3. The number of H-pyrrole nitrogens is 1. The van der Waals surface area contributed by atoms with Crippen LogP contribution in [0.15, 0.2) is 38.8 Å². The number of benzene rings is 1. The minimum atomic E-state index is -0.575. The second kappa shape index (κ2) is 4.95. The van der Waals surface area contributed by atoms with Crippen LogP contribution in [-0.4, -0.2) is 31.5 Å². The minimum Gasteiger partial charge on any atom is -0.494 e. The molecule has 7 heteroatoms. The monoisotopic (exact) mass is 324 g/mol. The number of para-hydroxylation sites is 1. The van der Waals surface area contributed by atoms with E-state index in [1.165, 1.54) is 14.1 Å². The van der Waals surface area contributed by atoms with E-state index in [4.69, 9.17) is 0 Å². The second-order valence-corrected chi connectivity index (χ2v) is 5.91. The van der Waals surface area contributed by atoms with Crippen molar-refractivity contribution in [1.82, 2.24) is 14.1 Å². The predicted molar refractivity (Wildman–Crippen MR) is 91.1 cm³/mol. The molecule has 2 N–H and O–H groups in total. The van der Waals surface area contributed by atoms with Gasteiger partial charge in [-0.2, -0.15) is 0 Å². The van der Waals surface area contributed by atoms with Crippen molar-refractivity contribution in [3.8, 4) is 5.88 Å².